The number of nitrogens with one attached hydrogen (secondary N) is 1. The number of ether oxygens (including phenoxy) is 2. The highest BCUT2D eigenvalue weighted by molar-refractivity contribution is 5.30. The van der Waals surface area contributed by atoms with Crippen molar-refractivity contribution in [3.8, 4) is 18.1 Å². The molecule has 0 atom stereocenters. The Hall–Kier alpha value is -1.50. The van der Waals surface area contributed by atoms with Gasteiger partial charge in [-0.05, 0) is 49.8 Å². The molecule has 0 aliphatic carbocycles. The van der Waals surface area contributed by atoms with E-state index >= 15 is 0 Å². The Labute approximate surface area is 159 Å². The summed E-state index contributed by atoms with van der Waals surface area (Å²) < 4.78 is 11.5. The third-order valence-electron chi connectivity index (χ3n) is 4.94. The van der Waals surface area contributed by atoms with Crippen molar-refractivity contribution in [3.05, 3.63) is 29.8 Å². The molecule has 0 bridgehead atoms. The molecule has 1 saturated heterocycles. The molecule has 0 unspecified atom stereocenters. The molecule has 0 radical (unpaired) electrons. The number of unbranched alkanes of at least 4 members (excludes halogenated alkanes) is 7. The molecule has 1 heterocycles. The zero-order valence-electron chi connectivity index (χ0n) is 16.2. The van der Waals surface area contributed by atoms with Gasteiger partial charge in [-0.25, -0.2) is 0 Å². The molecule has 3 heteroatoms. The Morgan fingerprint density at radius 3 is 2.12 bits per heavy atom. The minimum Gasteiger partial charge on any atom is -0.494 e. The van der Waals surface area contributed by atoms with Crippen LogP contribution in [0.4, 0.5) is 0 Å². The highest BCUT2D eigenvalue weighted by atomic mass is 16.5. The van der Waals surface area contributed by atoms with Gasteiger partial charge in [-0.3, -0.25) is 0 Å². The van der Waals surface area contributed by atoms with Gasteiger partial charge in [-0.2, -0.15) is 0 Å². The number of rotatable bonds is 15. The van der Waals surface area contributed by atoms with Gasteiger partial charge in [0.15, 0.2) is 0 Å². The Morgan fingerprint density at radius 2 is 1.46 bits per heavy atom. The molecule has 2 rings (SSSR count). The van der Waals surface area contributed by atoms with Gasteiger partial charge >= 0.3 is 0 Å². The highest BCUT2D eigenvalue weighted by Gasteiger charge is 2.18. The van der Waals surface area contributed by atoms with Crippen LogP contribution in [-0.2, 0) is 4.74 Å². The zero-order valence-corrected chi connectivity index (χ0v) is 16.2. The number of hydrogen-bond donors (Lipinski definition) is 1. The monoisotopic (exact) mass is 357 g/mol. The lowest BCUT2D eigenvalue weighted by molar-refractivity contribution is 0.124. The van der Waals surface area contributed by atoms with E-state index in [1.165, 1.54) is 37.7 Å². The van der Waals surface area contributed by atoms with Crippen molar-refractivity contribution in [3.63, 3.8) is 0 Å². The molecule has 0 spiro atoms. The first-order chi connectivity index (χ1) is 12.9. The van der Waals surface area contributed by atoms with Crippen LogP contribution in [0.25, 0.3) is 0 Å². The summed E-state index contributed by atoms with van der Waals surface area (Å²) in [4.78, 5) is 0. The molecule has 144 valence electrons. The van der Waals surface area contributed by atoms with Gasteiger partial charge < -0.3 is 14.8 Å². The van der Waals surface area contributed by atoms with E-state index in [1.54, 1.807) is 0 Å². The Bertz CT molecular complexity index is 502. The minimum absolute atomic E-state index is 0.692. The van der Waals surface area contributed by atoms with E-state index in [0.29, 0.717) is 5.92 Å². The van der Waals surface area contributed by atoms with E-state index in [9.17, 15) is 0 Å². The smallest absolute Gasteiger partial charge is 0.119 e. The van der Waals surface area contributed by atoms with E-state index in [1.807, 2.05) is 0 Å². The molecule has 1 N–H and O–H groups in total. The van der Waals surface area contributed by atoms with Gasteiger partial charge in [0, 0.05) is 38.6 Å². The number of benzene rings is 1. The van der Waals surface area contributed by atoms with Crippen LogP contribution in [-0.4, -0.2) is 32.9 Å². The summed E-state index contributed by atoms with van der Waals surface area (Å²) in [6, 6.07) is 8.60. The van der Waals surface area contributed by atoms with Crippen molar-refractivity contribution in [2.75, 3.05) is 32.9 Å². The van der Waals surface area contributed by atoms with Gasteiger partial charge in [0.05, 0.1) is 6.61 Å². The summed E-state index contributed by atoms with van der Waals surface area (Å²) in [5, 5.41) is 3.31. The van der Waals surface area contributed by atoms with Crippen LogP contribution >= 0.6 is 0 Å². The first kappa shape index (κ1) is 20.8. The summed E-state index contributed by atoms with van der Waals surface area (Å²) in [6.07, 6.45) is 15.7. The Kier molecular flexibility index (Phi) is 10.9. The van der Waals surface area contributed by atoms with Crippen LogP contribution in [0.3, 0.4) is 0 Å². The van der Waals surface area contributed by atoms with Crippen molar-refractivity contribution < 1.29 is 9.47 Å². The summed E-state index contributed by atoms with van der Waals surface area (Å²) in [6.45, 7) is 4.78. The molecule has 26 heavy (non-hydrogen) atoms. The van der Waals surface area contributed by atoms with Gasteiger partial charge in [0.2, 0.25) is 0 Å². The predicted octanol–water partition coefficient (Wildman–Crippen LogP) is 4.91. The SMILES string of the molecule is C#CCCCCCCCOCCCCCOc1ccc(C2CNC2)cc1. The van der Waals surface area contributed by atoms with Crippen molar-refractivity contribution in [2.24, 2.45) is 0 Å². The molecule has 1 aliphatic rings. The van der Waals surface area contributed by atoms with Crippen LogP contribution in [0.1, 0.15) is 69.3 Å². The summed E-state index contributed by atoms with van der Waals surface area (Å²) >= 11 is 0. The fourth-order valence-electron chi connectivity index (χ4n) is 3.10. The van der Waals surface area contributed by atoms with Crippen molar-refractivity contribution in [2.45, 2.75) is 63.7 Å². The molecule has 3 nitrogen and oxygen atoms in total. The maximum atomic E-state index is 5.82. The van der Waals surface area contributed by atoms with Crippen LogP contribution in [0, 0.1) is 12.3 Å². The van der Waals surface area contributed by atoms with E-state index in [0.717, 1.165) is 64.3 Å². The molecule has 0 saturated carbocycles. The molecular formula is C23H35NO2. The second kappa shape index (κ2) is 13.7. The third-order valence-corrected chi connectivity index (χ3v) is 4.94. The number of terminal acetylenes is 1. The molecule has 0 amide bonds. The second-order valence-corrected chi connectivity index (χ2v) is 7.17. The van der Waals surface area contributed by atoms with Gasteiger partial charge in [-0.15, -0.1) is 12.3 Å². The number of hydrogen-bond acceptors (Lipinski definition) is 3. The van der Waals surface area contributed by atoms with Gasteiger partial charge in [0.1, 0.15) is 5.75 Å². The summed E-state index contributed by atoms with van der Waals surface area (Å²) in [7, 11) is 0. The summed E-state index contributed by atoms with van der Waals surface area (Å²) in [5.74, 6) is 4.37. The van der Waals surface area contributed by atoms with Crippen LogP contribution in [0.15, 0.2) is 24.3 Å². The average Bonchev–Trinajstić information content (AvgIpc) is 2.62. The Morgan fingerprint density at radius 1 is 0.846 bits per heavy atom. The lowest BCUT2D eigenvalue weighted by atomic mass is 9.94. The molecule has 0 aromatic heterocycles. The molecule has 1 aliphatic heterocycles. The van der Waals surface area contributed by atoms with Crippen LogP contribution in [0.2, 0.25) is 0 Å². The molecule has 1 aromatic rings. The van der Waals surface area contributed by atoms with Crippen molar-refractivity contribution in [1.82, 2.24) is 5.32 Å². The predicted molar refractivity (Wildman–Crippen MR) is 109 cm³/mol. The van der Waals surface area contributed by atoms with Gasteiger partial charge in [0.25, 0.3) is 0 Å². The standard InChI is InChI=1S/C23H35NO2/c1-2-3-4-5-6-7-9-16-25-17-10-8-11-18-26-23-14-12-21(13-15-23)22-19-24-20-22/h1,12-15,22,24H,3-11,16-20H2. The summed E-state index contributed by atoms with van der Waals surface area (Å²) in [5.41, 5.74) is 1.42. The van der Waals surface area contributed by atoms with Crippen molar-refractivity contribution in [1.29, 1.82) is 0 Å². The maximum absolute atomic E-state index is 5.82. The van der Waals surface area contributed by atoms with Gasteiger partial charge in [-0.1, -0.05) is 31.4 Å². The quantitative estimate of drug-likeness (QED) is 0.357. The lowest BCUT2D eigenvalue weighted by Gasteiger charge is -2.27. The maximum Gasteiger partial charge on any atom is 0.119 e. The minimum atomic E-state index is 0.692. The van der Waals surface area contributed by atoms with Crippen LogP contribution < -0.4 is 10.1 Å². The highest BCUT2D eigenvalue weighted by Crippen LogP contribution is 2.22. The largest absolute Gasteiger partial charge is 0.494 e. The lowest BCUT2D eigenvalue weighted by Crippen LogP contribution is -2.39. The topological polar surface area (TPSA) is 30.5 Å². The zero-order chi connectivity index (χ0) is 18.3. The fourth-order valence-corrected chi connectivity index (χ4v) is 3.10. The fraction of sp³-hybridized carbons (Fsp3) is 0.652. The van der Waals surface area contributed by atoms with E-state index in [2.05, 4.69) is 35.5 Å². The molecular weight excluding hydrogens is 322 g/mol. The third kappa shape index (κ3) is 8.74. The first-order valence-electron chi connectivity index (χ1n) is 10.3. The molecule has 1 fully saturated rings. The van der Waals surface area contributed by atoms with Crippen LogP contribution in [0.5, 0.6) is 5.75 Å². The van der Waals surface area contributed by atoms with Crippen molar-refractivity contribution >= 4 is 0 Å². The Balaban J connectivity index is 1.34. The molecule has 1 aromatic carbocycles. The van der Waals surface area contributed by atoms with E-state index in [4.69, 9.17) is 15.9 Å². The average molecular weight is 358 g/mol. The first-order valence-corrected chi connectivity index (χ1v) is 10.3. The second-order valence-electron chi connectivity index (χ2n) is 7.17. The normalized spacial score (nSPS) is 14.0. The van der Waals surface area contributed by atoms with E-state index in [-0.39, 0.29) is 0 Å². The van der Waals surface area contributed by atoms with E-state index < -0.39 is 0 Å².